The molecule has 0 amide bonds. The molecule has 2 aromatic carbocycles. The van der Waals surface area contributed by atoms with Crippen molar-refractivity contribution in [1.29, 1.82) is 0 Å². The minimum Gasteiger partial charge on any atom is -0.378 e. The van der Waals surface area contributed by atoms with Crippen LogP contribution in [0, 0.1) is 11.6 Å². The van der Waals surface area contributed by atoms with Gasteiger partial charge in [-0.25, -0.2) is 8.78 Å². The second-order valence-electron chi connectivity index (χ2n) is 6.95. The number of halogens is 6. The highest BCUT2D eigenvalue weighted by molar-refractivity contribution is 14.0. The van der Waals surface area contributed by atoms with Crippen LogP contribution in [-0.4, -0.2) is 39.3 Å². The number of anilines is 1. The summed E-state index contributed by atoms with van der Waals surface area (Å²) in [6, 6.07) is 7.28. The molecule has 1 aliphatic rings. The number of ether oxygens (including phenoxy) is 1. The highest BCUT2D eigenvalue weighted by atomic mass is 127. The first-order chi connectivity index (χ1) is 14.8. The third kappa shape index (κ3) is 6.92. The van der Waals surface area contributed by atoms with E-state index in [0.29, 0.717) is 32.0 Å². The summed E-state index contributed by atoms with van der Waals surface area (Å²) in [6.07, 6.45) is -4.53. The number of hydrogen-bond acceptors (Lipinski definition) is 3. The second kappa shape index (κ2) is 11.6. The number of alkyl halides is 3. The summed E-state index contributed by atoms with van der Waals surface area (Å²) in [6.45, 7) is 1.77. The van der Waals surface area contributed by atoms with Crippen molar-refractivity contribution in [1.82, 2.24) is 10.6 Å². The normalized spacial score (nSPS) is 14.7. The Kier molecular flexibility index (Phi) is 9.49. The number of benzene rings is 2. The number of rotatable bonds is 5. The van der Waals surface area contributed by atoms with Gasteiger partial charge in [0.1, 0.15) is 11.6 Å². The Bertz CT molecular complexity index is 933. The lowest BCUT2D eigenvalue weighted by molar-refractivity contribution is -0.138. The predicted molar refractivity (Wildman–Crippen MR) is 123 cm³/mol. The Morgan fingerprint density at radius 1 is 1.00 bits per heavy atom. The monoisotopic (exact) mass is 570 g/mol. The largest absolute Gasteiger partial charge is 0.416 e. The van der Waals surface area contributed by atoms with Gasteiger partial charge in [-0.15, -0.1) is 24.0 Å². The Morgan fingerprint density at radius 2 is 1.66 bits per heavy atom. The Balaban J connectivity index is 0.00000363. The third-order valence-electron chi connectivity index (χ3n) is 4.90. The van der Waals surface area contributed by atoms with Crippen LogP contribution in [0.15, 0.2) is 41.4 Å². The number of hydrogen-bond donors (Lipinski definition) is 2. The van der Waals surface area contributed by atoms with Crippen LogP contribution in [0.4, 0.5) is 27.6 Å². The third-order valence-corrected chi connectivity index (χ3v) is 4.90. The van der Waals surface area contributed by atoms with Gasteiger partial charge < -0.3 is 20.3 Å². The standard InChI is InChI=1S/C21H23F5N4O.HI/c1-27-20(29-13-15-10-16(22)3-5-19(15)23)28-12-14-2-4-17(11-18(14)21(24,25)26)30-6-8-31-9-7-30;/h2-5,10-11H,6-9,12-13H2,1H3,(H2,27,28,29);1H. The average Bonchev–Trinajstić information content (AvgIpc) is 2.76. The zero-order valence-electron chi connectivity index (χ0n) is 17.3. The molecule has 2 aromatic rings. The van der Waals surface area contributed by atoms with Crippen LogP contribution in [0.2, 0.25) is 0 Å². The summed E-state index contributed by atoms with van der Waals surface area (Å²) in [5, 5.41) is 5.56. The van der Waals surface area contributed by atoms with E-state index in [9.17, 15) is 22.0 Å². The summed E-state index contributed by atoms with van der Waals surface area (Å²) in [4.78, 5) is 5.78. The van der Waals surface area contributed by atoms with Gasteiger partial charge in [0.05, 0.1) is 18.8 Å². The van der Waals surface area contributed by atoms with Crippen molar-refractivity contribution in [3.05, 3.63) is 64.7 Å². The fourth-order valence-electron chi connectivity index (χ4n) is 3.26. The molecule has 0 bridgehead atoms. The molecule has 0 unspecified atom stereocenters. The lowest BCUT2D eigenvalue weighted by Crippen LogP contribution is -2.37. The van der Waals surface area contributed by atoms with E-state index in [-0.39, 0.29) is 54.2 Å². The molecule has 1 fully saturated rings. The molecule has 1 aliphatic heterocycles. The van der Waals surface area contributed by atoms with Crippen LogP contribution in [0.1, 0.15) is 16.7 Å². The van der Waals surface area contributed by atoms with Crippen LogP contribution >= 0.6 is 24.0 Å². The lowest BCUT2D eigenvalue weighted by atomic mass is 10.0. The zero-order valence-corrected chi connectivity index (χ0v) is 19.6. The van der Waals surface area contributed by atoms with Gasteiger partial charge in [0.2, 0.25) is 0 Å². The summed E-state index contributed by atoms with van der Waals surface area (Å²) < 4.78 is 73.3. The van der Waals surface area contributed by atoms with E-state index in [1.807, 2.05) is 4.90 Å². The maximum Gasteiger partial charge on any atom is 0.416 e. The molecule has 2 N–H and O–H groups in total. The predicted octanol–water partition coefficient (Wildman–Crippen LogP) is 4.30. The molecule has 0 aliphatic carbocycles. The van der Waals surface area contributed by atoms with Crippen LogP contribution in [0.5, 0.6) is 0 Å². The van der Waals surface area contributed by atoms with Crippen molar-refractivity contribution in [2.75, 3.05) is 38.3 Å². The molecular weight excluding hydrogens is 546 g/mol. The van der Waals surface area contributed by atoms with Gasteiger partial charge in [-0.3, -0.25) is 4.99 Å². The van der Waals surface area contributed by atoms with Gasteiger partial charge in [-0.2, -0.15) is 13.2 Å². The summed E-state index contributed by atoms with van der Waals surface area (Å²) in [5.41, 5.74) is -0.128. The molecule has 5 nitrogen and oxygen atoms in total. The minimum atomic E-state index is -4.53. The topological polar surface area (TPSA) is 48.9 Å². The van der Waals surface area contributed by atoms with Gasteiger partial charge in [0.15, 0.2) is 5.96 Å². The highest BCUT2D eigenvalue weighted by Crippen LogP contribution is 2.35. The smallest absolute Gasteiger partial charge is 0.378 e. The molecule has 1 saturated heterocycles. The van der Waals surface area contributed by atoms with E-state index in [1.165, 1.54) is 13.1 Å². The Hall–Kier alpha value is -2.15. The van der Waals surface area contributed by atoms with Gasteiger partial charge in [-0.05, 0) is 35.9 Å². The minimum absolute atomic E-state index is 0. The van der Waals surface area contributed by atoms with Gasteiger partial charge in [-0.1, -0.05) is 6.07 Å². The number of nitrogens with zero attached hydrogens (tertiary/aromatic N) is 2. The summed E-state index contributed by atoms with van der Waals surface area (Å²) in [5.74, 6) is -1.02. The number of morpholine rings is 1. The molecule has 0 spiro atoms. The van der Waals surface area contributed by atoms with Crippen molar-refractivity contribution in [2.24, 2.45) is 4.99 Å². The number of nitrogens with one attached hydrogen (secondary N) is 2. The molecule has 32 heavy (non-hydrogen) atoms. The van der Waals surface area contributed by atoms with E-state index in [2.05, 4.69) is 15.6 Å². The molecule has 11 heteroatoms. The van der Waals surface area contributed by atoms with E-state index >= 15 is 0 Å². The van der Waals surface area contributed by atoms with Gasteiger partial charge >= 0.3 is 6.18 Å². The van der Waals surface area contributed by atoms with Crippen molar-refractivity contribution < 1.29 is 26.7 Å². The Morgan fingerprint density at radius 3 is 2.28 bits per heavy atom. The molecule has 0 aromatic heterocycles. The maximum absolute atomic E-state index is 13.7. The van der Waals surface area contributed by atoms with Crippen LogP contribution < -0.4 is 15.5 Å². The van der Waals surface area contributed by atoms with E-state index in [0.717, 1.165) is 24.3 Å². The first kappa shape index (κ1) is 26.1. The molecule has 0 atom stereocenters. The van der Waals surface area contributed by atoms with Gasteiger partial charge in [0.25, 0.3) is 0 Å². The quantitative estimate of drug-likeness (QED) is 0.244. The first-order valence-corrected chi connectivity index (χ1v) is 9.69. The number of guanidine groups is 1. The van der Waals surface area contributed by atoms with Crippen molar-refractivity contribution in [2.45, 2.75) is 19.3 Å². The van der Waals surface area contributed by atoms with Gasteiger partial charge in [0, 0.05) is 44.5 Å². The van der Waals surface area contributed by atoms with Crippen molar-refractivity contribution in [3.8, 4) is 0 Å². The summed E-state index contributed by atoms with van der Waals surface area (Å²) in [7, 11) is 1.43. The molecule has 1 heterocycles. The van der Waals surface area contributed by atoms with Crippen LogP contribution in [-0.2, 0) is 24.0 Å². The van der Waals surface area contributed by atoms with Crippen LogP contribution in [0.25, 0.3) is 0 Å². The molecule has 176 valence electrons. The Labute approximate surface area is 200 Å². The highest BCUT2D eigenvalue weighted by Gasteiger charge is 2.34. The fourth-order valence-corrected chi connectivity index (χ4v) is 3.26. The molecule has 3 rings (SSSR count). The summed E-state index contributed by atoms with van der Waals surface area (Å²) >= 11 is 0. The van der Waals surface area contributed by atoms with E-state index < -0.39 is 23.4 Å². The molecule has 0 radical (unpaired) electrons. The number of aliphatic imine (C=N–C) groups is 1. The molecule has 0 saturated carbocycles. The first-order valence-electron chi connectivity index (χ1n) is 9.69. The van der Waals surface area contributed by atoms with E-state index in [1.54, 1.807) is 6.07 Å². The van der Waals surface area contributed by atoms with Crippen LogP contribution in [0.3, 0.4) is 0 Å². The van der Waals surface area contributed by atoms with E-state index in [4.69, 9.17) is 4.74 Å². The molecular formula is C21H24F5IN4O. The van der Waals surface area contributed by atoms with Crippen molar-refractivity contribution in [3.63, 3.8) is 0 Å². The average molecular weight is 570 g/mol. The fraction of sp³-hybridized carbons (Fsp3) is 0.381. The van der Waals surface area contributed by atoms with Crippen molar-refractivity contribution >= 4 is 35.6 Å². The zero-order chi connectivity index (χ0) is 22.4. The second-order valence-corrected chi connectivity index (χ2v) is 6.95. The lowest BCUT2D eigenvalue weighted by Gasteiger charge is -2.29. The SMILES string of the molecule is CN=C(NCc1cc(F)ccc1F)NCc1ccc(N2CCOCC2)cc1C(F)(F)F.I. The maximum atomic E-state index is 13.7.